The van der Waals surface area contributed by atoms with Gasteiger partial charge in [0.05, 0.1) is 19.4 Å². The Kier molecular flexibility index (Phi) is 5.34. The third-order valence-electron chi connectivity index (χ3n) is 3.49. The van der Waals surface area contributed by atoms with Crippen molar-refractivity contribution in [1.29, 1.82) is 0 Å². The van der Waals surface area contributed by atoms with Gasteiger partial charge in [0.25, 0.3) is 0 Å². The maximum absolute atomic E-state index is 12.8. The molecular formula is C16H15F6NO2. The molecule has 1 atom stereocenters. The highest BCUT2D eigenvalue weighted by Gasteiger charge is 2.50. The third-order valence-corrected chi connectivity index (χ3v) is 3.49. The second-order valence-electron chi connectivity index (χ2n) is 5.79. The summed E-state index contributed by atoms with van der Waals surface area (Å²) in [5, 5.41) is 0. The van der Waals surface area contributed by atoms with Gasteiger partial charge in [-0.05, 0) is 11.6 Å². The van der Waals surface area contributed by atoms with Crippen LogP contribution in [0.15, 0.2) is 42.5 Å². The Bertz CT molecular complexity index is 626. The number of amides is 1. The molecule has 0 spiro atoms. The van der Waals surface area contributed by atoms with Crippen molar-refractivity contribution >= 4 is 6.09 Å². The normalized spacial score (nSPS) is 21.8. The van der Waals surface area contributed by atoms with Crippen LogP contribution in [0.5, 0.6) is 0 Å². The van der Waals surface area contributed by atoms with Gasteiger partial charge in [0.2, 0.25) is 0 Å². The van der Waals surface area contributed by atoms with E-state index in [-0.39, 0.29) is 6.54 Å². The van der Waals surface area contributed by atoms with Crippen molar-refractivity contribution in [1.82, 2.24) is 4.90 Å². The number of hydrogen-bond donors (Lipinski definition) is 0. The van der Waals surface area contributed by atoms with Crippen LogP contribution in [0.1, 0.15) is 18.4 Å². The van der Waals surface area contributed by atoms with Crippen molar-refractivity contribution in [3.05, 3.63) is 48.0 Å². The van der Waals surface area contributed by atoms with Crippen LogP contribution in [-0.2, 0) is 11.3 Å². The van der Waals surface area contributed by atoms with Gasteiger partial charge in [0, 0.05) is 6.54 Å². The maximum Gasteiger partial charge on any atom is 0.411 e. The van der Waals surface area contributed by atoms with Crippen LogP contribution >= 0.6 is 0 Å². The van der Waals surface area contributed by atoms with E-state index in [2.05, 4.69) is 0 Å². The zero-order chi connectivity index (χ0) is 18.7. The highest BCUT2D eigenvalue weighted by Crippen LogP contribution is 2.37. The van der Waals surface area contributed by atoms with Crippen molar-refractivity contribution in [2.24, 2.45) is 0 Å². The fraction of sp³-hybridized carbons (Fsp3) is 0.438. The molecule has 0 aromatic heterocycles. The fourth-order valence-corrected chi connectivity index (χ4v) is 2.57. The van der Waals surface area contributed by atoms with E-state index in [1.54, 1.807) is 30.3 Å². The number of halogens is 6. The third kappa shape index (κ3) is 5.99. The minimum Gasteiger partial charge on any atom is -0.436 e. The number of ether oxygens (including phenoxy) is 1. The molecule has 3 nitrogen and oxygen atoms in total. The number of allylic oxidation sites excluding steroid dienone is 1. The van der Waals surface area contributed by atoms with E-state index in [9.17, 15) is 31.1 Å². The summed E-state index contributed by atoms with van der Waals surface area (Å²) >= 11 is 0. The van der Waals surface area contributed by atoms with Crippen molar-refractivity contribution < 1.29 is 35.9 Å². The molecule has 1 aromatic carbocycles. The second kappa shape index (κ2) is 6.97. The van der Waals surface area contributed by atoms with Crippen LogP contribution in [0, 0.1) is 0 Å². The lowest BCUT2D eigenvalue weighted by molar-refractivity contribution is -0.161. The summed E-state index contributed by atoms with van der Waals surface area (Å²) in [4.78, 5) is 13.0. The van der Waals surface area contributed by atoms with E-state index in [1.807, 2.05) is 0 Å². The van der Waals surface area contributed by atoms with E-state index < -0.39 is 43.4 Å². The summed E-state index contributed by atoms with van der Waals surface area (Å²) in [6, 6.07) is 8.48. The zero-order valence-electron chi connectivity index (χ0n) is 12.9. The molecule has 2 rings (SSSR count). The van der Waals surface area contributed by atoms with Crippen molar-refractivity contribution in [3.8, 4) is 0 Å². The predicted octanol–water partition coefficient (Wildman–Crippen LogP) is 4.84. The van der Waals surface area contributed by atoms with Crippen LogP contribution in [0.4, 0.5) is 31.1 Å². The summed E-state index contributed by atoms with van der Waals surface area (Å²) < 4.78 is 80.0. The van der Waals surface area contributed by atoms with Crippen molar-refractivity contribution in [2.75, 3.05) is 6.54 Å². The first-order valence-corrected chi connectivity index (χ1v) is 7.31. The van der Waals surface area contributed by atoms with Crippen LogP contribution in [0.25, 0.3) is 0 Å². The van der Waals surface area contributed by atoms with Gasteiger partial charge in [0.15, 0.2) is 5.60 Å². The summed E-state index contributed by atoms with van der Waals surface area (Å²) in [5.41, 5.74) is -1.49. The van der Waals surface area contributed by atoms with Gasteiger partial charge in [-0.1, -0.05) is 36.4 Å². The molecule has 0 saturated carbocycles. The fourth-order valence-electron chi connectivity index (χ4n) is 2.57. The smallest absolute Gasteiger partial charge is 0.411 e. The van der Waals surface area contributed by atoms with Gasteiger partial charge >= 0.3 is 18.4 Å². The number of benzene rings is 1. The Labute approximate surface area is 139 Å². The lowest BCUT2D eigenvalue weighted by atomic mass is 9.98. The second-order valence-corrected chi connectivity index (χ2v) is 5.79. The summed E-state index contributed by atoms with van der Waals surface area (Å²) in [7, 11) is 0. The Morgan fingerprint density at radius 2 is 1.72 bits per heavy atom. The summed E-state index contributed by atoms with van der Waals surface area (Å²) in [6.07, 6.45) is -11.9. The molecule has 0 bridgehead atoms. The molecule has 25 heavy (non-hydrogen) atoms. The largest absolute Gasteiger partial charge is 0.436 e. The van der Waals surface area contributed by atoms with E-state index in [0.717, 1.165) is 4.90 Å². The molecule has 1 aromatic rings. The average molecular weight is 367 g/mol. The van der Waals surface area contributed by atoms with E-state index >= 15 is 0 Å². The van der Waals surface area contributed by atoms with Crippen molar-refractivity contribution in [2.45, 2.75) is 37.3 Å². The van der Waals surface area contributed by atoms with E-state index in [0.29, 0.717) is 17.7 Å². The maximum atomic E-state index is 12.8. The zero-order valence-corrected chi connectivity index (χ0v) is 12.9. The lowest BCUT2D eigenvalue weighted by Crippen LogP contribution is -2.37. The van der Waals surface area contributed by atoms with E-state index in [4.69, 9.17) is 4.74 Å². The molecule has 1 saturated heterocycles. The highest BCUT2D eigenvalue weighted by molar-refractivity contribution is 5.71. The first-order chi connectivity index (χ1) is 11.5. The Balaban J connectivity index is 2.17. The van der Waals surface area contributed by atoms with Gasteiger partial charge in [-0.15, -0.1) is 0 Å². The molecule has 0 N–H and O–H groups in total. The van der Waals surface area contributed by atoms with Crippen LogP contribution in [-0.4, -0.2) is 35.5 Å². The quantitative estimate of drug-likeness (QED) is 0.551. The molecule has 1 amide bonds. The molecular weight excluding hydrogens is 352 g/mol. The molecule has 1 aliphatic heterocycles. The van der Waals surface area contributed by atoms with Crippen LogP contribution < -0.4 is 0 Å². The number of cyclic esters (lactones) is 1. The van der Waals surface area contributed by atoms with Crippen molar-refractivity contribution in [3.63, 3.8) is 0 Å². The summed E-state index contributed by atoms with van der Waals surface area (Å²) in [5.74, 6) is 0. The van der Waals surface area contributed by atoms with Gasteiger partial charge in [-0.3, -0.25) is 4.90 Å². The summed E-state index contributed by atoms with van der Waals surface area (Å²) in [6.45, 7) is -0.471. The number of nitrogens with zero attached hydrogens (tertiary/aromatic N) is 1. The molecule has 138 valence electrons. The molecule has 1 aliphatic rings. The van der Waals surface area contributed by atoms with Crippen LogP contribution in [0.3, 0.4) is 0 Å². The van der Waals surface area contributed by atoms with Gasteiger partial charge < -0.3 is 4.74 Å². The van der Waals surface area contributed by atoms with Gasteiger partial charge in [-0.2, -0.15) is 26.3 Å². The molecule has 9 heteroatoms. The predicted molar refractivity (Wildman–Crippen MR) is 76.5 cm³/mol. The SMILES string of the molecule is O=C1OC(/C=C/CC(F)(F)F)(CC(F)(F)F)CN1Cc1ccccc1. The molecule has 1 fully saturated rings. The lowest BCUT2D eigenvalue weighted by Gasteiger charge is -2.24. The van der Waals surface area contributed by atoms with E-state index in [1.165, 1.54) is 0 Å². The number of alkyl halides is 6. The van der Waals surface area contributed by atoms with Crippen LogP contribution in [0.2, 0.25) is 0 Å². The number of hydrogen-bond acceptors (Lipinski definition) is 2. The monoisotopic (exact) mass is 367 g/mol. The van der Waals surface area contributed by atoms with Gasteiger partial charge in [-0.25, -0.2) is 4.79 Å². The van der Waals surface area contributed by atoms with Gasteiger partial charge in [0.1, 0.15) is 0 Å². The molecule has 1 heterocycles. The number of rotatable bonds is 5. The highest BCUT2D eigenvalue weighted by atomic mass is 19.4. The number of carbonyl (C=O) groups excluding carboxylic acids is 1. The Hall–Kier alpha value is -2.19. The molecule has 1 unspecified atom stereocenters. The topological polar surface area (TPSA) is 29.5 Å². The molecule has 0 aliphatic carbocycles. The number of carbonyl (C=O) groups is 1. The first-order valence-electron chi connectivity index (χ1n) is 7.31. The standard InChI is InChI=1S/C16H15F6NO2/c17-15(18,19)8-4-7-14(10-16(20,21)22)11-23(13(24)25-14)9-12-5-2-1-3-6-12/h1-7H,8-11H2/b7-4+. The average Bonchev–Trinajstić information content (AvgIpc) is 2.72. The molecule has 0 radical (unpaired) electrons. The minimum absolute atomic E-state index is 0.00634. The minimum atomic E-state index is -4.70. The first kappa shape index (κ1) is 19.1. The Morgan fingerprint density at radius 3 is 2.28 bits per heavy atom. The Morgan fingerprint density at radius 1 is 1.08 bits per heavy atom.